The molecule has 1 fully saturated rings. The van der Waals surface area contributed by atoms with E-state index in [4.69, 9.17) is 19.9 Å². The number of carbonyl (C=O) groups excluding carboxylic acids is 2. The molecule has 0 spiro atoms. The minimum absolute atomic E-state index is 0.0890. The second-order valence-corrected chi connectivity index (χ2v) is 9.05. The number of ketones is 1. The van der Waals surface area contributed by atoms with Crippen LogP contribution in [0.3, 0.4) is 0 Å². The van der Waals surface area contributed by atoms with E-state index >= 15 is 0 Å². The number of fused-ring (bicyclic) bond motifs is 1. The van der Waals surface area contributed by atoms with Crippen LogP contribution >= 0.6 is 0 Å². The fraction of sp³-hybridized carbons (Fsp3) is 0.286. The Morgan fingerprint density at radius 3 is 2.60 bits per heavy atom. The Morgan fingerprint density at radius 2 is 1.80 bits per heavy atom. The Hall–Kier alpha value is -3.84. The van der Waals surface area contributed by atoms with Crippen LogP contribution in [0.1, 0.15) is 57.5 Å². The largest absolute Gasteiger partial charge is 0.489 e. The predicted molar refractivity (Wildman–Crippen MR) is 131 cm³/mol. The topological polar surface area (TPSA) is 99.9 Å². The molecular weight excluding hydrogens is 444 g/mol. The van der Waals surface area contributed by atoms with Gasteiger partial charge < -0.3 is 25.3 Å². The van der Waals surface area contributed by atoms with E-state index in [0.29, 0.717) is 23.5 Å². The highest BCUT2D eigenvalue weighted by Gasteiger charge is 2.33. The van der Waals surface area contributed by atoms with Crippen molar-refractivity contribution < 1.29 is 23.8 Å². The first-order valence-corrected chi connectivity index (χ1v) is 11.8. The number of primary amides is 1. The maximum absolute atomic E-state index is 13.1. The molecule has 3 aromatic carbocycles. The number of amides is 1. The summed E-state index contributed by atoms with van der Waals surface area (Å²) in [6.07, 6.45) is 1.73. The fourth-order valence-corrected chi connectivity index (χ4v) is 4.70. The summed E-state index contributed by atoms with van der Waals surface area (Å²) in [7, 11) is 0. The number of carbonyl (C=O) groups is 2. The van der Waals surface area contributed by atoms with Gasteiger partial charge in [-0.05, 0) is 78.4 Å². The van der Waals surface area contributed by atoms with Gasteiger partial charge in [-0.3, -0.25) is 9.59 Å². The van der Waals surface area contributed by atoms with Crippen molar-refractivity contribution >= 4 is 11.7 Å². The average Bonchev–Trinajstić information content (AvgIpc) is 3.57. The molecule has 35 heavy (non-hydrogen) atoms. The molecule has 3 atom stereocenters. The smallest absolute Gasteiger partial charge is 0.248 e. The van der Waals surface area contributed by atoms with Gasteiger partial charge in [-0.15, -0.1) is 0 Å². The third-order valence-corrected chi connectivity index (χ3v) is 6.78. The van der Waals surface area contributed by atoms with Crippen molar-refractivity contribution in [2.24, 2.45) is 5.73 Å². The monoisotopic (exact) mass is 472 g/mol. The Labute approximate surface area is 204 Å². The SMILES string of the molecule is CC(c1ccc2c(c1)OCO2)C1CCC(C(=O)c2ccc(OCc3cccc(C(N)=O)c3)cc2)N1. The third kappa shape index (κ3) is 5.00. The molecule has 7 heteroatoms. The van der Waals surface area contributed by atoms with Crippen LogP contribution in [0, 0.1) is 0 Å². The first kappa shape index (κ1) is 22.9. The van der Waals surface area contributed by atoms with Gasteiger partial charge in [0.05, 0.1) is 6.04 Å². The van der Waals surface area contributed by atoms with Crippen LogP contribution < -0.4 is 25.3 Å². The van der Waals surface area contributed by atoms with Crippen molar-refractivity contribution in [1.29, 1.82) is 0 Å². The molecule has 3 N–H and O–H groups in total. The van der Waals surface area contributed by atoms with E-state index < -0.39 is 5.91 Å². The number of hydrogen-bond donors (Lipinski definition) is 2. The molecule has 180 valence electrons. The Balaban J connectivity index is 1.17. The van der Waals surface area contributed by atoms with Gasteiger partial charge in [0.1, 0.15) is 12.4 Å². The van der Waals surface area contributed by atoms with Crippen LogP contribution in [0.5, 0.6) is 17.2 Å². The summed E-state index contributed by atoms with van der Waals surface area (Å²) in [4.78, 5) is 24.5. The normalized spacial score (nSPS) is 19.3. The number of rotatable bonds is 8. The zero-order chi connectivity index (χ0) is 24.4. The van der Waals surface area contributed by atoms with E-state index in [1.165, 1.54) is 5.56 Å². The highest BCUT2D eigenvalue weighted by molar-refractivity contribution is 6.00. The lowest BCUT2D eigenvalue weighted by Crippen LogP contribution is -2.37. The van der Waals surface area contributed by atoms with Gasteiger partial charge in [0, 0.05) is 17.2 Å². The molecule has 1 amide bonds. The van der Waals surface area contributed by atoms with Crippen molar-refractivity contribution in [3.05, 3.63) is 89.0 Å². The van der Waals surface area contributed by atoms with Crippen molar-refractivity contribution in [1.82, 2.24) is 5.32 Å². The van der Waals surface area contributed by atoms with Crippen LogP contribution in [-0.2, 0) is 6.61 Å². The summed E-state index contributed by atoms with van der Waals surface area (Å²) >= 11 is 0. The lowest BCUT2D eigenvalue weighted by molar-refractivity contribution is 0.0948. The lowest BCUT2D eigenvalue weighted by atomic mass is 9.92. The van der Waals surface area contributed by atoms with Gasteiger partial charge in [-0.1, -0.05) is 25.1 Å². The molecule has 0 aromatic heterocycles. The van der Waals surface area contributed by atoms with E-state index in [2.05, 4.69) is 18.3 Å². The van der Waals surface area contributed by atoms with E-state index in [9.17, 15) is 9.59 Å². The Morgan fingerprint density at radius 1 is 1.00 bits per heavy atom. The maximum Gasteiger partial charge on any atom is 0.248 e. The van der Waals surface area contributed by atoms with Gasteiger partial charge in [0.25, 0.3) is 0 Å². The standard InChI is InChI=1S/C28H28N2O5/c1-17(20-7-12-25-26(14-20)35-16-34-25)23-10-11-24(30-23)27(31)19-5-8-22(9-6-19)33-15-18-3-2-4-21(13-18)28(29)32/h2-9,12-14,17,23-24,30H,10-11,15-16H2,1H3,(H2,29,32). The summed E-state index contributed by atoms with van der Waals surface area (Å²) in [5.74, 6) is 2.07. The minimum Gasteiger partial charge on any atom is -0.489 e. The highest BCUT2D eigenvalue weighted by atomic mass is 16.7. The number of nitrogens with one attached hydrogen (secondary N) is 1. The first-order valence-electron chi connectivity index (χ1n) is 11.8. The number of nitrogens with two attached hydrogens (primary N) is 1. The van der Waals surface area contributed by atoms with Gasteiger partial charge in [-0.25, -0.2) is 0 Å². The molecule has 0 aliphatic carbocycles. The molecule has 0 saturated carbocycles. The van der Waals surface area contributed by atoms with Crippen molar-refractivity contribution in [3.63, 3.8) is 0 Å². The molecular formula is C28H28N2O5. The van der Waals surface area contributed by atoms with Gasteiger partial charge in [0.2, 0.25) is 12.7 Å². The second-order valence-electron chi connectivity index (χ2n) is 9.05. The summed E-state index contributed by atoms with van der Waals surface area (Å²) in [6.45, 7) is 2.74. The van der Waals surface area contributed by atoms with E-state index in [1.54, 1.807) is 42.5 Å². The Bertz CT molecular complexity index is 1240. The zero-order valence-corrected chi connectivity index (χ0v) is 19.5. The molecule has 3 aromatic rings. The Kier molecular flexibility index (Phi) is 6.42. The third-order valence-electron chi connectivity index (χ3n) is 6.78. The number of ether oxygens (including phenoxy) is 3. The first-order chi connectivity index (χ1) is 17.0. The van der Waals surface area contributed by atoms with E-state index in [0.717, 1.165) is 29.9 Å². The van der Waals surface area contributed by atoms with Crippen LogP contribution in [0.15, 0.2) is 66.7 Å². The van der Waals surface area contributed by atoms with Crippen molar-refractivity contribution in [2.75, 3.05) is 6.79 Å². The average molecular weight is 473 g/mol. The molecule has 2 heterocycles. The van der Waals surface area contributed by atoms with Crippen LogP contribution in [0.25, 0.3) is 0 Å². The van der Waals surface area contributed by atoms with E-state index in [1.807, 2.05) is 18.2 Å². The summed E-state index contributed by atoms with van der Waals surface area (Å²) in [5.41, 5.74) is 8.45. The van der Waals surface area contributed by atoms with Crippen LogP contribution in [-0.4, -0.2) is 30.6 Å². The fourth-order valence-electron chi connectivity index (χ4n) is 4.70. The molecule has 0 radical (unpaired) electrons. The van der Waals surface area contributed by atoms with Crippen LogP contribution in [0.2, 0.25) is 0 Å². The summed E-state index contributed by atoms with van der Waals surface area (Å²) in [6, 6.07) is 20.3. The molecule has 7 nitrogen and oxygen atoms in total. The van der Waals surface area contributed by atoms with Gasteiger partial charge >= 0.3 is 0 Å². The second kappa shape index (κ2) is 9.80. The van der Waals surface area contributed by atoms with Gasteiger partial charge in [0.15, 0.2) is 17.3 Å². The summed E-state index contributed by atoms with van der Waals surface area (Å²) in [5, 5.41) is 3.54. The number of hydrogen-bond acceptors (Lipinski definition) is 6. The molecule has 2 aliphatic heterocycles. The quantitative estimate of drug-likeness (QED) is 0.477. The van der Waals surface area contributed by atoms with Crippen LogP contribution in [0.4, 0.5) is 0 Å². The number of Topliss-reactive ketones (excluding diaryl/α,β-unsaturated/α-hetero) is 1. The number of benzene rings is 3. The molecule has 1 saturated heterocycles. The lowest BCUT2D eigenvalue weighted by Gasteiger charge is -2.21. The maximum atomic E-state index is 13.1. The van der Waals surface area contributed by atoms with Crippen molar-refractivity contribution in [2.45, 2.75) is 44.4 Å². The van der Waals surface area contributed by atoms with E-state index in [-0.39, 0.29) is 30.6 Å². The molecule has 5 rings (SSSR count). The summed E-state index contributed by atoms with van der Waals surface area (Å²) < 4.78 is 16.7. The predicted octanol–water partition coefficient (Wildman–Crippen LogP) is 4.20. The molecule has 0 bridgehead atoms. The van der Waals surface area contributed by atoms with Gasteiger partial charge in [-0.2, -0.15) is 0 Å². The van der Waals surface area contributed by atoms with Crippen molar-refractivity contribution in [3.8, 4) is 17.2 Å². The zero-order valence-electron chi connectivity index (χ0n) is 19.5. The minimum atomic E-state index is -0.470. The molecule has 3 unspecified atom stereocenters. The highest BCUT2D eigenvalue weighted by Crippen LogP contribution is 2.37. The molecule has 2 aliphatic rings.